The average molecular weight is 434 g/mol. The Kier molecular flexibility index (Phi) is 5.59. The number of aromatic amines is 1. The highest BCUT2D eigenvalue weighted by molar-refractivity contribution is 7.92. The number of carbonyl (C=O) groups excluding carboxylic acids is 1. The summed E-state index contributed by atoms with van der Waals surface area (Å²) in [4.78, 5) is 11.8. The molecule has 4 rings (SSSR count). The molecule has 9 nitrogen and oxygen atoms in total. The third kappa shape index (κ3) is 4.86. The van der Waals surface area contributed by atoms with E-state index in [-0.39, 0.29) is 29.9 Å². The molecule has 2 atom stereocenters. The summed E-state index contributed by atoms with van der Waals surface area (Å²) >= 11 is 0. The topological polar surface area (TPSA) is 125 Å². The molecule has 1 aromatic carbocycles. The highest BCUT2D eigenvalue weighted by Crippen LogP contribution is 2.36. The monoisotopic (exact) mass is 433 g/mol. The lowest BCUT2D eigenvalue weighted by Gasteiger charge is -2.19. The molecule has 1 aliphatic heterocycles. The summed E-state index contributed by atoms with van der Waals surface area (Å²) in [6.45, 7) is 3.80. The second-order valence-corrected chi connectivity index (χ2v) is 10.1. The van der Waals surface area contributed by atoms with Gasteiger partial charge < -0.3 is 15.4 Å². The van der Waals surface area contributed by atoms with Gasteiger partial charge in [-0.2, -0.15) is 5.10 Å². The fourth-order valence-electron chi connectivity index (χ4n) is 3.95. The fourth-order valence-corrected chi connectivity index (χ4v) is 5.07. The largest absolute Gasteiger partial charge is 0.446 e. The van der Waals surface area contributed by atoms with Crippen LogP contribution in [0, 0.1) is 0 Å². The van der Waals surface area contributed by atoms with Gasteiger partial charge in [0.25, 0.3) is 0 Å². The van der Waals surface area contributed by atoms with Crippen molar-refractivity contribution in [3.8, 4) is 0 Å². The number of sulfonamides is 1. The molecule has 2 aliphatic rings. The quantitative estimate of drug-likeness (QED) is 0.574. The van der Waals surface area contributed by atoms with Crippen molar-refractivity contribution in [1.29, 1.82) is 0 Å². The van der Waals surface area contributed by atoms with Gasteiger partial charge in [0.05, 0.1) is 11.4 Å². The van der Waals surface area contributed by atoms with E-state index < -0.39 is 10.0 Å². The lowest BCUT2D eigenvalue weighted by atomic mass is 10.0. The Bertz CT molecular complexity index is 1030. The number of ether oxygens (including phenoxy) is 1. The standard InChI is InChI=1S/C20H27N5O4S/c1-12(2)21-20(26)29-16-5-3-13(10-16)18-11-19(24-23-18)22-15-4-6-17-14(9-15)7-8-30(27,28)25-17/h4,6,9,11-13,16,25H,3,5,7-8,10H2,1-2H3,(H,21,26)(H2,22,23,24)/t13-,16+/m1/s1. The van der Waals surface area contributed by atoms with Crippen LogP contribution >= 0.6 is 0 Å². The summed E-state index contributed by atoms with van der Waals surface area (Å²) < 4.78 is 31.4. The lowest BCUT2D eigenvalue weighted by molar-refractivity contribution is 0.0981. The Labute approximate surface area is 176 Å². The number of carbonyl (C=O) groups is 1. The first kappa shape index (κ1) is 20.5. The maximum atomic E-state index is 11.8. The Hall–Kier alpha value is -2.75. The molecular formula is C20H27N5O4S. The number of amides is 1. The van der Waals surface area contributed by atoms with Crippen molar-refractivity contribution in [2.45, 2.75) is 57.6 Å². The average Bonchev–Trinajstić information content (AvgIpc) is 3.30. The molecule has 4 N–H and O–H groups in total. The molecule has 1 aliphatic carbocycles. The van der Waals surface area contributed by atoms with Crippen LogP contribution in [-0.4, -0.2) is 42.6 Å². The van der Waals surface area contributed by atoms with Crippen LogP contribution in [-0.2, 0) is 21.2 Å². The van der Waals surface area contributed by atoms with Crippen molar-refractivity contribution in [2.75, 3.05) is 15.8 Å². The molecule has 162 valence electrons. The molecule has 30 heavy (non-hydrogen) atoms. The van der Waals surface area contributed by atoms with Crippen LogP contribution in [0.15, 0.2) is 24.3 Å². The van der Waals surface area contributed by atoms with E-state index in [0.717, 1.165) is 36.2 Å². The third-order valence-corrected chi connectivity index (χ3v) is 6.66. The Morgan fingerprint density at radius 2 is 2.10 bits per heavy atom. The van der Waals surface area contributed by atoms with Gasteiger partial charge in [0.1, 0.15) is 6.10 Å². The van der Waals surface area contributed by atoms with Crippen LogP contribution in [0.2, 0.25) is 0 Å². The van der Waals surface area contributed by atoms with Gasteiger partial charge in [-0.25, -0.2) is 13.2 Å². The minimum absolute atomic E-state index is 0.0553. The minimum atomic E-state index is -3.22. The van der Waals surface area contributed by atoms with Crippen molar-refractivity contribution in [1.82, 2.24) is 15.5 Å². The maximum absolute atomic E-state index is 11.8. The molecule has 0 spiro atoms. The van der Waals surface area contributed by atoms with Gasteiger partial charge in [0.2, 0.25) is 10.0 Å². The van der Waals surface area contributed by atoms with Crippen LogP contribution in [0.3, 0.4) is 0 Å². The molecule has 0 bridgehead atoms. The number of aryl methyl sites for hydroxylation is 1. The summed E-state index contributed by atoms with van der Waals surface area (Å²) in [6.07, 6.45) is 2.57. The van der Waals surface area contributed by atoms with Crippen molar-refractivity contribution >= 4 is 33.3 Å². The first-order valence-electron chi connectivity index (χ1n) is 10.2. The number of rotatable bonds is 5. The highest BCUT2D eigenvalue weighted by Gasteiger charge is 2.30. The molecule has 0 unspecified atom stereocenters. The summed E-state index contributed by atoms with van der Waals surface area (Å²) in [6, 6.07) is 7.57. The van der Waals surface area contributed by atoms with Crippen LogP contribution in [0.5, 0.6) is 0 Å². The number of alkyl carbamates (subject to hydrolysis) is 1. The van der Waals surface area contributed by atoms with E-state index in [4.69, 9.17) is 4.74 Å². The van der Waals surface area contributed by atoms with Crippen LogP contribution in [0.1, 0.15) is 50.3 Å². The van der Waals surface area contributed by atoms with Crippen LogP contribution < -0.4 is 15.4 Å². The normalized spacial score (nSPS) is 22.2. The van der Waals surface area contributed by atoms with Gasteiger partial charge in [0, 0.05) is 29.4 Å². The number of anilines is 3. The first-order valence-corrected chi connectivity index (χ1v) is 11.9. The van der Waals surface area contributed by atoms with E-state index in [2.05, 4.69) is 25.6 Å². The third-order valence-electron chi connectivity index (χ3n) is 5.39. The summed E-state index contributed by atoms with van der Waals surface area (Å²) in [5, 5.41) is 13.5. The molecule has 10 heteroatoms. The molecule has 1 saturated carbocycles. The number of benzene rings is 1. The number of nitrogens with zero attached hydrogens (tertiary/aromatic N) is 1. The Morgan fingerprint density at radius 3 is 2.90 bits per heavy atom. The number of hydrogen-bond donors (Lipinski definition) is 4. The second kappa shape index (κ2) is 8.17. The lowest BCUT2D eigenvalue weighted by Crippen LogP contribution is -2.33. The Balaban J connectivity index is 1.36. The van der Waals surface area contributed by atoms with Gasteiger partial charge >= 0.3 is 6.09 Å². The van der Waals surface area contributed by atoms with E-state index in [1.54, 1.807) is 6.07 Å². The zero-order valence-electron chi connectivity index (χ0n) is 17.1. The molecular weight excluding hydrogens is 406 g/mol. The zero-order chi connectivity index (χ0) is 21.3. The predicted molar refractivity (Wildman–Crippen MR) is 115 cm³/mol. The SMILES string of the molecule is CC(C)NC(=O)O[C@H]1CC[C@@H](c2cc(Nc3ccc4c(c3)CCS(=O)(=O)N4)n[nH]2)C1. The van der Waals surface area contributed by atoms with E-state index in [0.29, 0.717) is 17.9 Å². The van der Waals surface area contributed by atoms with Gasteiger partial charge in [-0.15, -0.1) is 0 Å². The number of nitrogens with one attached hydrogen (secondary N) is 4. The van der Waals surface area contributed by atoms with Gasteiger partial charge in [-0.1, -0.05) is 0 Å². The number of fused-ring (bicyclic) bond motifs is 1. The van der Waals surface area contributed by atoms with Gasteiger partial charge in [0.15, 0.2) is 5.82 Å². The molecule has 1 amide bonds. The number of hydrogen-bond acceptors (Lipinski definition) is 6. The van der Waals surface area contributed by atoms with E-state index >= 15 is 0 Å². The van der Waals surface area contributed by atoms with Crippen molar-refractivity contribution < 1.29 is 17.9 Å². The summed E-state index contributed by atoms with van der Waals surface area (Å²) in [5.74, 6) is 1.06. The van der Waals surface area contributed by atoms with Crippen molar-refractivity contribution in [2.24, 2.45) is 0 Å². The summed E-state index contributed by atoms with van der Waals surface area (Å²) in [5.41, 5.74) is 3.46. The Morgan fingerprint density at radius 1 is 1.27 bits per heavy atom. The first-order chi connectivity index (χ1) is 14.3. The highest BCUT2D eigenvalue weighted by atomic mass is 32.2. The minimum Gasteiger partial charge on any atom is -0.446 e. The van der Waals surface area contributed by atoms with Crippen molar-refractivity contribution in [3.63, 3.8) is 0 Å². The number of H-pyrrole nitrogens is 1. The molecule has 0 saturated heterocycles. The maximum Gasteiger partial charge on any atom is 0.407 e. The molecule has 1 fully saturated rings. The van der Waals surface area contributed by atoms with Gasteiger partial charge in [-0.3, -0.25) is 9.82 Å². The zero-order valence-corrected chi connectivity index (χ0v) is 17.9. The second-order valence-electron chi connectivity index (χ2n) is 8.21. The van der Waals surface area contributed by atoms with E-state index in [1.807, 2.05) is 32.0 Å². The van der Waals surface area contributed by atoms with Crippen LogP contribution in [0.25, 0.3) is 0 Å². The van der Waals surface area contributed by atoms with Crippen LogP contribution in [0.4, 0.5) is 22.0 Å². The summed E-state index contributed by atoms with van der Waals surface area (Å²) in [7, 11) is -3.22. The molecule has 2 heterocycles. The fraction of sp³-hybridized carbons (Fsp3) is 0.500. The van der Waals surface area contributed by atoms with Crippen molar-refractivity contribution in [3.05, 3.63) is 35.5 Å². The molecule has 2 aromatic rings. The molecule has 1 aromatic heterocycles. The number of aromatic nitrogens is 2. The van der Waals surface area contributed by atoms with E-state index in [9.17, 15) is 13.2 Å². The van der Waals surface area contributed by atoms with Gasteiger partial charge in [-0.05, 0) is 63.3 Å². The van der Waals surface area contributed by atoms with E-state index in [1.165, 1.54) is 0 Å². The molecule has 0 radical (unpaired) electrons. The smallest absolute Gasteiger partial charge is 0.407 e. The predicted octanol–water partition coefficient (Wildman–Crippen LogP) is 3.22.